The van der Waals surface area contributed by atoms with Gasteiger partial charge in [-0.05, 0) is 85.9 Å². The molecule has 1 N–H and O–H groups in total. The number of aryl methyl sites for hydroxylation is 1. The average Bonchev–Trinajstić information content (AvgIpc) is 3.28. The first-order valence-corrected chi connectivity index (χ1v) is 14.2. The lowest BCUT2D eigenvalue weighted by Crippen LogP contribution is -2.45. The summed E-state index contributed by atoms with van der Waals surface area (Å²) in [5.41, 5.74) is 10.3. The number of rotatable bonds is 2. The van der Waals surface area contributed by atoms with E-state index < -0.39 is 0 Å². The van der Waals surface area contributed by atoms with Gasteiger partial charge < -0.3 is 10.2 Å². The molecule has 3 heterocycles. The Balaban J connectivity index is 1.41. The van der Waals surface area contributed by atoms with Crippen molar-refractivity contribution in [2.24, 2.45) is 0 Å². The summed E-state index contributed by atoms with van der Waals surface area (Å²) < 4.78 is 2.25. The van der Waals surface area contributed by atoms with Crippen LogP contribution in [-0.2, 0) is 4.79 Å². The number of allylic oxidation sites excluding steroid dienone is 2. The number of ketones is 1. The van der Waals surface area contributed by atoms with Gasteiger partial charge in [-0.3, -0.25) is 9.36 Å². The highest BCUT2D eigenvalue weighted by atomic mass is 16.1. The highest BCUT2D eigenvalue weighted by Crippen LogP contribution is 2.49. The van der Waals surface area contributed by atoms with Gasteiger partial charge in [0, 0.05) is 36.0 Å². The molecule has 3 atom stereocenters. The Morgan fingerprint density at radius 3 is 2.56 bits per heavy atom. The van der Waals surface area contributed by atoms with Gasteiger partial charge in [0.25, 0.3) is 0 Å². The average molecular weight is 517 g/mol. The minimum Gasteiger partial charge on any atom is -0.369 e. The number of carbonyl (C=O) groups is 1. The Bertz CT molecular complexity index is 1680. The fraction of sp³-hybridized carbons (Fsp3) is 0.353. The summed E-state index contributed by atoms with van der Waals surface area (Å²) in [5.74, 6) is 1.66. The van der Waals surface area contributed by atoms with Crippen molar-refractivity contribution in [2.75, 3.05) is 17.3 Å². The molecule has 0 spiro atoms. The van der Waals surface area contributed by atoms with Gasteiger partial charge in [-0.25, -0.2) is 4.98 Å². The van der Waals surface area contributed by atoms with Crippen LogP contribution in [0.4, 0.5) is 11.6 Å². The Morgan fingerprint density at radius 1 is 0.974 bits per heavy atom. The molecule has 5 nitrogen and oxygen atoms in total. The normalized spacial score (nSPS) is 23.8. The number of hydrogen-bond acceptors (Lipinski definition) is 4. The van der Waals surface area contributed by atoms with E-state index in [4.69, 9.17) is 4.98 Å². The molecule has 0 saturated carbocycles. The van der Waals surface area contributed by atoms with Crippen molar-refractivity contribution >= 4 is 28.5 Å². The van der Waals surface area contributed by atoms with Gasteiger partial charge in [0.15, 0.2) is 5.78 Å². The van der Waals surface area contributed by atoms with E-state index >= 15 is 0 Å². The summed E-state index contributed by atoms with van der Waals surface area (Å²) in [6.45, 7) is 9.12. The topological polar surface area (TPSA) is 50.2 Å². The lowest BCUT2D eigenvalue weighted by atomic mass is 9.75. The van der Waals surface area contributed by atoms with Crippen LogP contribution in [-0.4, -0.2) is 27.9 Å². The first kappa shape index (κ1) is 24.2. The van der Waals surface area contributed by atoms with Crippen LogP contribution < -0.4 is 10.2 Å². The van der Waals surface area contributed by atoms with Crippen molar-refractivity contribution < 1.29 is 4.79 Å². The van der Waals surface area contributed by atoms with E-state index in [0.29, 0.717) is 12.3 Å². The van der Waals surface area contributed by atoms with E-state index in [1.165, 1.54) is 22.4 Å². The largest absolute Gasteiger partial charge is 0.369 e. The van der Waals surface area contributed by atoms with E-state index in [9.17, 15) is 4.79 Å². The third-order valence-electron chi connectivity index (χ3n) is 9.50. The zero-order valence-electron chi connectivity index (χ0n) is 23.5. The molecular weight excluding hydrogens is 480 g/mol. The van der Waals surface area contributed by atoms with Gasteiger partial charge in [0.1, 0.15) is 0 Å². The molecule has 0 bridgehead atoms. The van der Waals surface area contributed by atoms with Crippen molar-refractivity contribution in [1.82, 2.24) is 9.55 Å². The van der Waals surface area contributed by atoms with Gasteiger partial charge >= 0.3 is 0 Å². The second-order valence-electron chi connectivity index (χ2n) is 12.4. The quantitative estimate of drug-likeness (QED) is 0.300. The fourth-order valence-electron chi connectivity index (χ4n) is 7.37. The summed E-state index contributed by atoms with van der Waals surface area (Å²) in [4.78, 5) is 21.5. The lowest BCUT2D eigenvalue weighted by molar-refractivity contribution is -0.116. The van der Waals surface area contributed by atoms with E-state index in [2.05, 4.69) is 110 Å². The van der Waals surface area contributed by atoms with Gasteiger partial charge in [-0.2, -0.15) is 0 Å². The van der Waals surface area contributed by atoms with Gasteiger partial charge in [0.2, 0.25) is 5.95 Å². The Hall–Kier alpha value is -3.86. The molecule has 3 aromatic carbocycles. The summed E-state index contributed by atoms with van der Waals surface area (Å²) in [7, 11) is 2.20. The van der Waals surface area contributed by atoms with Crippen LogP contribution >= 0.6 is 0 Å². The zero-order chi connectivity index (χ0) is 27.1. The monoisotopic (exact) mass is 516 g/mol. The molecule has 198 valence electrons. The molecule has 5 heteroatoms. The van der Waals surface area contributed by atoms with Crippen LogP contribution in [0.1, 0.15) is 80.2 Å². The third-order valence-corrected chi connectivity index (χ3v) is 9.50. The molecule has 1 aliphatic carbocycles. The maximum Gasteiger partial charge on any atom is 0.209 e. The number of Topliss-reactive ketones (excluding diaryl/α,β-unsaturated/α-hetero) is 1. The molecule has 7 rings (SSSR count). The van der Waals surface area contributed by atoms with Crippen LogP contribution in [0.15, 0.2) is 78.0 Å². The highest BCUT2D eigenvalue weighted by molar-refractivity contribution is 6.01. The van der Waals surface area contributed by atoms with E-state index in [1.54, 1.807) is 0 Å². The van der Waals surface area contributed by atoms with Crippen LogP contribution in [0.2, 0.25) is 0 Å². The fourth-order valence-corrected chi connectivity index (χ4v) is 7.37. The number of anilines is 2. The number of fused-ring (bicyclic) bond motifs is 4. The Morgan fingerprint density at radius 2 is 1.74 bits per heavy atom. The van der Waals surface area contributed by atoms with Gasteiger partial charge in [-0.1, -0.05) is 55.5 Å². The van der Waals surface area contributed by atoms with Crippen molar-refractivity contribution in [1.29, 1.82) is 0 Å². The number of imidazole rings is 1. The standard InChI is InChI=1S/C34H36N4O/c1-20-10-6-7-11-24(20)23-17-27-31(30(39)18-23)32(38-29-13-9-8-12-26(29)35-33(38)36-27)22-14-15-28-25(16-22)21(2)19-34(3,4)37(28)5/h6-16,21,23,32H,17-19H2,1-5H3,(H,35,36)/t21-,23-,32-/m0/s1. The minimum atomic E-state index is -0.202. The maximum atomic E-state index is 14.1. The molecule has 2 aliphatic heterocycles. The van der Waals surface area contributed by atoms with E-state index in [0.717, 1.165) is 46.7 Å². The van der Waals surface area contributed by atoms with Gasteiger partial charge in [-0.15, -0.1) is 0 Å². The van der Waals surface area contributed by atoms with E-state index in [-0.39, 0.29) is 23.3 Å². The molecule has 0 unspecified atom stereocenters. The minimum absolute atomic E-state index is 0.107. The predicted octanol–water partition coefficient (Wildman–Crippen LogP) is 7.48. The SMILES string of the molecule is Cc1ccccc1[C@@H]1CC(=O)C2=C(C1)Nc1nc3ccccc3n1[C@H]2c1ccc2c(c1)[C@@H](C)CC(C)(C)N2C. The molecule has 0 fully saturated rings. The summed E-state index contributed by atoms with van der Waals surface area (Å²) in [6, 6.07) is 23.4. The number of para-hydroxylation sites is 2. The first-order valence-electron chi connectivity index (χ1n) is 14.2. The number of nitrogens with zero attached hydrogens (tertiary/aromatic N) is 3. The number of hydrogen-bond donors (Lipinski definition) is 1. The predicted molar refractivity (Wildman–Crippen MR) is 159 cm³/mol. The van der Waals surface area contributed by atoms with Crippen LogP contribution in [0.3, 0.4) is 0 Å². The Labute approximate surface area is 230 Å². The molecule has 0 amide bonds. The van der Waals surface area contributed by atoms with Crippen LogP contribution in [0, 0.1) is 6.92 Å². The van der Waals surface area contributed by atoms with E-state index in [1.807, 2.05) is 6.07 Å². The maximum absolute atomic E-state index is 14.1. The second kappa shape index (κ2) is 8.57. The number of aromatic nitrogens is 2. The Kier molecular flexibility index (Phi) is 5.32. The molecule has 39 heavy (non-hydrogen) atoms. The molecule has 3 aliphatic rings. The van der Waals surface area contributed by atoms with Crippen LogP contribution in [0.5, 0.6) is 0 Å². The smallest absolute Gasteiger partial charge is 0.209 e. The zero-order valence-corrected chi connectivity index (χ0v) is 23.5. The number of benzene rings is 3. The van der Waals surface area contributed by atoms with Crippen molar-refractivity contribution in [2.45, 2.75) is 70.4 Å². The highest BCUT2D eigenvalue weighted by Gasteiger charge is 2.41. The number of nitrogens with one attached hydrogen (secondary N) is 1. The molecule has 0 radical (unpaired) electrons. The summed E-state index contributed by atoms with van der Waals surface area (Å²) in [6.07, 6.45) is 2.43. The second-order valence-corrected chi connectivity index (χ2v) is 12.4. The molecule has 0 saturated heterocycles. The molecular formula is C34H36N4O. The number of carbonyl (C=O) groups excluding carboxylic acids is 1. The summed E-state index contributed by atoms with van der Waals surface area (Å²) >= 11 is 0. The first-order chi connectivity index (χ1) is 18.7. The summed E-state index contributed by atoms with van der Waals surface area (Å²) in [5, 5.41) is 3.63. The molecule has 1 aromatic heterocycles. The van der Waals surface area contributed by atoms with Crippen molar-refractivity contribution in [3.63, 3.8) is 0 Å². The van der Waals surface area contributed by atoms with Gasteiger partial charge in [0.05, 0.1) is 17.1 Å². The lowest BCUT2D eigenvalue weighted by Gasteiger charge is -2.46. The van der Waals surface area contributed by atoms with Crippen LogP contribution in [0.25, 0.3) is 11.0 Å². The van der Waals surface area contributed by atoms with Crippen molar-refractivity contribution in [3.05, 3.63) is 100 Å². The third kappa shape index (κ3) is 3.66. The molecule has 4 aromatic rings. The van der Waals surface area contributed by atoms with Crippen molar-refractivity contribution in [3.8, 4) is 0 Å².